The van der Waals surface area contributed by atoms with Gasteiger partial charge in [0.15, 0.2) is 5.16 Å². The van der Waals surface area contributed by atoms with Crippen LogP contribution in [-0.4, -0.2) is 62.9 Å². The van der Waals surface area contributed by atoms with Crippen molar-refractivity contribution in [3.8, 4) is 5.69 Å². The summed E-state index contributed by atoms with van der Waals surface area (Å²) in [5, 5.41) is 9.41. The van der Waals surface area contributed by atoms with Crippen LogP contribution in [0.5, 0.6) is 0 Å². The predicted octanol–water partition coefficient (Wildman–Crippen LogP) is 2.46. The molecule has 2 aliphatic rings. The molecule has 1 unspecified atom stereocenters. The van der Waals surface area contributed by atoms with E-state index in [9.17, 15) is 9.59 Å². The van der Waals surface area contributed by atoms with Gasteiger partial charge >= 0.3 is 0 Å². The van der Waals surface area contributed by atoms with Gasteiger partial charge in [0.05, 0.1) is 10.9 Å². The molecule has 8 nitrogen and oxygen atoms in total. The Kier molecular flexibility index (Phi) is 6.80. The van der Waals surface area contributed by atoms with Crippen molar-refractivity contribution in [3.63, 3.8) is 0 Å². The number of hydrogen-bond donors (Lipinski definition) is 1. The highest BCUT2D eigenvalue weighted by Gasteiger charge is 2.30. The van der Waals surface area contributed by atoms with Crippen LogP contribution in [0.2, 0.25) is 0 Å². The topological polar surface area (TPSA) is 97.3 Å². The average Bonchev–Trinajstić information content (AvgIpc) is 3.23. The minimum absolute atomic E-state index is 0.0649. The van der Waals surface area contributed by atoms with E-state index in [1.54, 1.807) is 0 Å². The Labute approximate surface area is 187 Å². The third-order valence-electron chi connectivity index (χ3n) is 6.11. The molecule has 1 aromatic heterocycles. The Morgan fingerprint density at radius 2 is 1.71 bits per heavy atom. The highest BCUT2D eigenvalue weighted by molar-refractivity contribution is 8.00. The number of thioether (sulfide) groups is 1. The minimum Gasteiger partial charge on any atom is -0.369 e. The fourth-order valence-electron chi connectivity index (χ4n) is 4.29. The van der Waals surface area contributed by atoms with Gasteiger partial charge in [0, 0.05) is 32.1 Å². The number of para-hydroxylation sites is 1. The van der Waals surface area contributed by atoms with Crippen molar-refractivity contribution in [1.29, 1.82) is 0 Å². The standard InChI is InChI=1S/C22H30N6O2S/c1-16(20(30)26-14-10-17(11-15-26)19(23)29)31-22-25-24-21(27-12-6-3-7-13-27)28(22)18-8-4-2-5-9-18/h2,4-5,8-9,16-17H,3,6-7,10-15H2,1H3,(H2,23,29). The molecule has 2 saturated heterocycles. The Balaban J connectivity index is 1.52. The van der Waals surface area contributed by atoms with E-state index in [2.05, 4.69) is 19.7 Å². The normalized spacial score (nSPS) is 18.7. The van der Waals surface area contributed by atoms with Gasteiger partial charge in [-0.2, -0.15) is 0 Å². The molecular formula is C22H30N6O2S. The van der Waals surface area contributed by atoms with Crippen molar-refractivity contribution in [2.45, 2.75) is 49.4 Å². The third-order valence-corrected chi connectivity index (χ3v) is 7.14. The fourth-order valence-corrected chi connectivity index (χ4v) is 5.24. The molecule has 2 amide bonds. The molecular weight excluding hydrogens is 412 g/mol. The number of carbonyl (C=O) groups is 2. The molecule has 4 rings (SSSR count). The Hall–Kier alpha value is -2.55. The lowest BCUT2D eigenvalue weighted by molar-refractivity contribution is -0.134. The lowest BCUT2D eigenvalue weighted by Crippen LogP contribution is -2.44. The molecule has 9 heteroatoms. The van der Waals surface area contributed by atoms with E-state index in [0.29, 0.717) is 25.9 Å². The number of carbonyl (C=O) groups excluding carboxylic acids is 2. The van der Waals surface area contributed by atoms with Crippen molar-refractivity contribution in [2.75, 3.05) is 31.1 Å². The minimum atomic E-state index is -0.300. The molecule has 1 atom stereocenters. The first-order chi connectivity index (χ1) is 15.0. The maximum atomic E-state index is 13.1. The van der Waals surface area contributed by atoms with E-state index in [1.807, 2.05) is 42.2 Å². The molecule has 1 aromatic carbocycles. The number of amides is 2. The zero-order chi connectivity index (χ0) is 21.8. The quantitative estimate of drug-likeness (QED) is 0.690. The highest BCUT2D eigenvalue weighted by atomic mass is 32.2. The van der Waals surface area contributed by atoms with Crippen molar-refractivity contribution in [1.82, 2.24) is 19.7 Å². The van der Waals surface area contributed by atoms with Crippen molar-refractivity contribution in [3.05, 3.63) is 30.3 Å². The van der Waals surface area contributed by atoms with Gasteiger partial charge in [-0.25, -0.2) is 0 Å². The first-order valence-electron chi connectivity index (χ1n) is 11.0. The average molecular weight is 443 g/mol. The van der Waals surface area contributed by atoms with Crippen LogP contribution in [0.1, 0.15) is 39.0 Å². The van der Waals surface area contributed by atoms with Crippen LogP contribution >= 0.6 is 11.8 Å². The molecule has 0 spiro atoms. The summed E-state index contributed by atoms with van der Waals surface area (Å²) in [4.78, 5) is 28.6. The molecule has 166 valence electrons. The van der Waals surface area contributed by atoms with Gasteiger partial charge in [-0.3, -0.25) is 14.2 Å². The number of piperidine rings is 2. The number of hydrogen-bond acceptors (Lipinski definition) is 6. The summed E-state index contributed by atoms with van der Waals surface area (Å²) in [6.07, 6.45) is 4.83. The lowest BCUT2D eigenvalue weighted by atomic mass is 9.96. The predicted molar refractivity (Wildman–Crippen MR) is 121 cm³/mol. The van der Waals surface area contributed by atoms with Gasteiger partial charge in [-0.05, 0) is 51.2 Å². The second-order valence-electron chi connectivity index (χ2n) is 8.26. The lowest BCUT2D eigenvalue weighted by Gasteiger charge is -2.32. The van der Waals surface area contributed by atoms with Gasteiger partial charge < -0.3 is 15.5 Å². The summed E-state index contributed by atoms with van der Waals surface area (Å²) in [5.41, 5.74) is 6.42. The van der Waals surface area contributed by atoms with Gasteiger partial charge in [0.1, 0.15) is 0 Å². The number of rotatable bonds is 6. The third kappa shape index (κ3) is 4.87. The Morgan fingerprint density at radius 3 is 2.35 bits per heavy atom. The van der Waals surface area contributed by atoms with Crippen molar-refractivity contribution in [2.24, 2.45) is 11.7 Å². The van der Waals surface area contributed by atoms with Crippen LogP contribution in [0.3, 0.4) is 0 Å². The number of nitrogens with zero attached hydrogens (tertiary/aromatic N) is 5. The number of benzene rings is 1. The highest BCUT2D eigenvalue weighted by Crippen LogP contribution is 2.31. The number of nitrogens with two attached hydrogens (primary N) is 1. The zero-order valence-corrected chi connectivity index (χ0v) is 18.8. The first kappa shape index (κ1) is 21.7. The maximum Gasteiger partial charge on any atom is 0.235 e. The second-order valence-corrected chi connectivity index (χ2v) is 9.57. The van der Waals surface area contributed by atoms with Gasteiger partial charge in [0.2, 0.25) is 17.8 Å². The van der Waals surface area contributed by atoms with E-state index in [-0.39, 0.29) is 23.0 Å². The van der Waals surface area contributed by atoms with Crippen LogP contribution < -0.4 is 10.6 Å². The van der Waals surface area contributed by atoms with Crippen LogP contribution in [0, 0.1) is 5.92 Å². The molecule has 3 heterocycles. The summed E-state index contributed by atoms with van der Waals surface area (Å²) in [6.45, 7) is 5.00. The molecule has 2 N–H and O–H groups in total. The largest absolute Gasteiger partial charge is 0.369 e. The van der Waals surface area contributed by atoms with Crippen molar-refractivity contribution >= 4 is 29.5 Å². The number of anilines is 1. The van der Waals surface area contributed by atoms with E-state index >= 15 is 0 Å². The van der Waals surface area contributed by atoms with Gasteiger partial charge in [0.25, 0.3) is 0 Å². The summed E-state index contributed by atoms with van der Waals surface area (Å²) in [6, 6.07) is 10.1. The molecule has 0 bridgehead atoms. The van der Waals surface area contributed by atoms with Crippen molar-refractivity contribution < 1.29 is 9.59 Å². The second kappa shape index (κ2) is 9.72. The first-order valence-corrected chi connectivity index (χ1v) is 11.9. The molecule has 0 radical (unpaired) electrons. The number of aromatic nitrogens is 3. The number of primary amides is 1. The summed E-state index contributed by atoms with van der Waals surface area (Å²) >= 11 is 1.44. The van der Waals surface area contributed by atoms with Crippen LogP contribution in [0.4, 0.5) is 5.95 Å². The van der Waals surface area contributed by atoms with E-state index in [4.69, 9.17) is 5.73 Å². The maximum absolute atomic E-state index is 13.1. The molecule has 31 heavy (non-hydrogen) atoms. The fraction of sp³-hybridized carbons (Fsp3) is 0.545. The SMILES string of the molecule is CC(Sc1nnc(N2CCCCC2)n1-c1ccccc1)C(=O)N1CCC(C(N)=O)CC1. The summed E-state index contributed by atoms with van der Waals surface area (Å²) in [5.74, 6) is 0.515. The van der Waals surface area contributed by atoms with Crippen LogP contribution in [0.25, 0.3) is 5.69 Å². The zero-order valence-electron chi connectivity index (χ0n) is 17.9. The molecule has 0 saturated carbocycles. The van der Waals surface area contributed by atoms with E-state index < -0.39 is 0 Å². The Bertz CT molecular complexity index is 904. The molecule has 2 aliphatic heterocycles. The summed E-state index contributed by atoms with van der Waals surface area (Å²) in [7, 11) is 0. The monoisotopic (exact) mass is 442 g/mol. The van der Waals surface area contributed by atoms with Gasteiger partial charge in [-0.1, -0.05) is 30.0 Å². The Morgan fingerprint density at radius 1 is 1.03 bits per heavy atom. The van der Waals surface area contributed by atoms with Crippen LogP contribution in [-0.2, 0) is 9.59 Å². The number of likely N-dealkylation sites (tertiary alicyclic amines) is 1. The van der Waals surface area contributed by atoms with E-state index in [1.165, 1.54) is 18.2 Å². The summed E-state index contributed by atoms with van der Waals surface area (Å²) < 4.78 is 2.07. The smallest absolute Gasteiger partial charge is 0.235 e. The van der Waals surface area contributed by atoms with E-state index in [0.717, 1.165) is 42.7 Å². The molecule has 0 aliphatic carbocycles. The van der Waals surface area contributed by atoms with Crippen LogP contribution in [0.15, 0.2) is 35.5 Å². The molecule has 2 aromatic rings. The van der Waals surface area contributed by atoms with Gasteiger partial charge in [-0.15, -0.1) is 10.2 Å². The molecule has 2 fully saturated rings.